The van der Waals surface area contributed by atoms with Gasteiger partial charge >= 0.3 is 5.97 Å². The number of amides is 1. The van der Waals surface area contributed by atoms with Gasteiger partial charge in [0.2, 0.25) is 5.91 Å². The molecule has 0 atom stereocenters. The Balaban J connectivity index is 1.29. The third-order valence-corrected chi connectivity index (χ3v) is 7.61. The number of aromatic nitrogens is 2. The minimum atomic E-state index is -0.836. The lowest BCUT2D eigenvalue weighted by Gasteiger charge is -2.08. The van der Waals surface area contributed by atoms with Crippen molar-refractivity contribution in [3.05, 3.63) is 130 Å². The first kappa shape index (κ1) is 32.5. The van der Waals surface area contributed by atoms with Gasteiger partial charge in [-0.1, -0.05) is 77.8 Å². The van der Waals surface area contributed by atoms with Gasteiger partial charge in [0.15, 0.2) is 0 Å². The molecule has 5 rings (SSSR count). The van der Waals surface area contributed by atoms with Gasteiger partial charge in [-0.2, -0.15) is 0 Å². The Labute approximate surface area is 275 Å². The van der Waals surface area contributed by atoms with E-state index >= 15 is 0 Å². The summed E-state index contributed by atoms with van der Waals surface area (Å²) < 4.78 is 20.6. The van der Waals surface area contributed by atoms with E-state index in [0.29, 0.717) is 45.9 Å². The highest BCUT2D eigenvalue weighted by molar-refractivity contribution is 6.36. The van der Waals surface area contributed by atoms with E-state index < -0.39 is 5.97 Å². The molecule has 46 heavy (non-hydrogen) atoms. The number of nitrogens with zero attached hydrogens (tertiary/aromatic N) is 2. The molecule has 0 spiro atoms. The molecule has 0 aliphatic carbocycles. The Kier molecular flexibility index (Phi) is 10.9. The zero-order valence-electron chi connectivity index (χ0n) is 24.6. The Morgan fingerprint density at radius 1 is 0.913 bits per heavy atom. The van der Waals surface area contributed by atoms with Crippen molar-refractivity contribution in [3.8, 4) is 28.1 Å². The second kappa shape index (κ2) is 15.4. The number of aliphatic carboxylic acids is 1. The van der Waals surface area contributed by atoms with Crippen LogP contribution in [0.1, 0.15) is 29.8 Å². The van der Waals surface area contributed by atoms with Gasteiger partial charge in [0.25, 0.3) is 0 Å². The predicted molar refractivity (Wildman–Crippen MR) is 179 cm³/mol. The van der Waals surface area contributed by atoms with Crippen molar-refractivity contribution in [2.75, 3.05) is 6.61 Å². The fraction of sp³-hybridized carbons (Fsp3) is 0.139. The summed E-state index contributed by atoms with van der Waals surface area (Å²) in [4.78, 5) is 28.3. The molecule has 10 heteroatoms. The molecule has 7 nitrogen and oxygen atoms in total. The maximum Gasteiger partial charge on any atom is 0.303 e. The number of carbonyl (C=O) groups is 2. The molecule has 0 bridgehead atoms. The first-order valence-electron chi connectivity index (χ1n) is 14.5. The number of hydrogen-bond acceptors (Lipinski definition) is 4. The van der Waals surface area contributed by atoms with E-state index in [2.05, 4.69) is 5.32 Å². The van der Waals surface area contributed by atoms with Crippen LogP contribution >= 0.6 is 23.2 Å². The molecule has 0 saturated carbocycles. The average Bonchev–Trinajstić information content (AvgIpc) is 3.44. The van der Waals surface area contributed by atoms with Crippen LogP contribution in [0.25, 0.3) is 34.5 Å². The molecule has 0 saturated heterocycles. The van der Waals surface area contributed by atoms with Crippen LogP contribution in [0.5, 0.6) is 5.75 Å². The number of halogens is 3. The smallest absolute Gasteiger partial charge is 0.303 e. The number of carboxylic acids is 1. The van der Waals surface area contributed by atoms with Crippen molar-refractivity contribution in [2.24, 2.45) is 0 Å². The summed E-state index contributed by atoms with van der Waals surface area (Å²) in [6.07, 6.45) is 6.06. The van der Waals surface area contributed by atoms with Crippen molar-refractivity contribution in [1.29, 1.82) is 0 Å². The Bertz CT molecular complexity index is 1840. The van der Waals surface area contributed by atoms with E-state index in [9.17, 15) is 14.0 Å². The summed E-state index contributed by atoms with van der Waals surface area (Å²) in [5, 5.41) is 12.6. The molecule has 0 aliphatic heterocycles. The van der Waals surface area contributed by atoms with Crippen LogP contribution in [0.2, 0.25) is 10.0 Å². The molecule has 234 valence electrons. The maximum absolute atomic E-state index is 13.2. The van der Waals surface area contributed by atoms with E-state index in [1.807, 2.05) is 60.7 Å². The lowest BCUT2D eigenvalue weighted by molar-refractivity contribution is -0.137. The molecule has 1 aromatic heterocycles. The van der Waals surface area contributed by atoms with Crippen LogP contribution in [-0.4, -0.2) is 33.1 Å². The molecular weight excluding hydrogens is 628 g/mol. The fourth-order valence-corrected chi connectivity index (χ4v) is 5.15. The van der Waals surface area contributed by atoms with Crippen LogP contribution < -0.4 is 10.1 Å². The van der Waals surface area contributed by atoms with Gasteiger partial charge in [-0.05, 0) is 77.2 Å². The van der Waals surface area contributed by atoms with E-state index in [0.717, 1.165) is 22.3 Å². The van der Waals surface area contributed by atoms with Gasteiger partial charge in [0.05, 0.1) is 17.3 Å². The number of rotatable bonds is 13. The molecule has 0 fully saturated rings. The normalized spacial score (nSPS) is 11.1. The van der Waals surface area contributed by atoms with Gasteiger partial charge in [0.1, 0.15) is 23.9 Å². The van der Waals surface area contributed by atoms with Gasteiger partial charge in [-0.15, -0.1) is 0 Å². The quantitative estimate of drug-likeness (QED) is 0.124. The van der Waals surface area contributed by atoms with Crippen LogP contribution in [0, 0.1) is 5.82 Å². The molecule has 0 radical (unpaired) electrons. The lowest BCUT2D eigenvalue weighted by Crippen LogP contribution is -2.27. The lowest BCUT2D eigenvalue weighted by atomic mass is 10.0. The number of carbonyl (C=O) groups excluding carboxylic acids is 1. The first-order valence-corrected chi connectivity index (χ1v) is 15.3. The maximum atomic E-state index is 13.2. The third kappa shape index (κ3) is 9.06. The monoisotopic (exact) mass is 657 g/mol. The van der Waals surface area contributed by atoms with Gasteiger partial charge in [0, 0.05) is 29.7 Å². The van der Waals surface area contributed by atoms with Crippen LogP contribution in [0.4, 0.5) is 4.39 Å². The van der Waals surface area contributed by atoms with E-state index in [1.54, 1.807) is 41.1 Å². The van der Waals surface area contributed by atoms with Gasteiger partial charge < -0.3 is 19.7 Å². The van der Waals surface area contributed by atoms with Crippen molar-refractivity contribution in [3.63, 3.8) is 0 Å². The van der Waals surface area contributed by atoms with E-state index in [4.69, 9.17) is 38.0 Å². The Morgan fingerprint density at radius 2 is 1.61 bits per heavy atom. The summed E-state index contributed by atoms with van der Waals surface area (Å²) in [5.41, 5.74) is 5.04. The topological polar surface area (TPSA) is 93.4 Å². The highest BCUT2D eigenvalue weighted by Gasteiger charge is 2.14. The molecule has 1 heterocycles. The Hall–Kier alpha value is -4.92. The van der Waals surface area contributed by atoms with Gasteiger partial charge in [-0.25, -0.2) is 9.37 Å². The number of carboxylic acid groups (broad SMARTS) is 1. The van der Waals surface area contributed by atoms with E-state index in [1.165, 1.54) is 12.1 Å². The van der Waals surface area contributed by atoms with E-state index in [-0.39, 0.29) is 31.2 Å². The molecule has 2 N–H and O–H groups in total. The number of benzene rings is 4. The third-order valence-electron chi connectivity index (χ3n) is 7.06. The first-order chi connectivity index (χ1) is 22.2. The van der Waals surface area contributed by atoms with Crippen LogP contribution in [-0.2, 0) is 22.7 Å². The predicted octanol–water partition coefficient (Wildman–Crippen LogP) is 8.39. The van der Waals surface area contributed by atoms with Crippen molar-refractivity contribution >= 4 is 47.2 Å². The molecule has 1 amide bonds. The highest BCUT2D eigenvalue weighted by Crippen LogP contribution is 2.30. The molecule has 4 aromatic carbocycles. The fourth-order valence-electron chi connectivity index (χ4n) is 4.64. The van der Waals surface area contributed by atoms with Crippen LogP contribution in [0.15, 0.2) is 97.2 Å². The standard InChI is InChI=1S/C36H30Cl2FN3O4/c37-28-12-17-31(32(38)20-28)33-22-42(23-35(43)40-21-25-5-13-29(39)14-6-25)34(41-33)18-7-24-3-8-26(9-4-24)27-10-15-30(16-11-27)46-19-1-2-36(44)45/h3-18,20,22H,1-2,19,21,23H2,(H,40,43)(H,44,45). The largest absolute Gasteiger partial charge is 0.494 e. The number of imidazole rings is 1. The summed E-state index contributed by atoms with van der Waals surface area (Å²) in [5.74, 6) is -0.155. The minimum Gasteiger partial charge on any atom is -0.494 e. The Morgan fingerprint density at radius 3 is 2.28 bits per heavy atom. The summed E-state index contributed by atoms with van der Waals surface area (Å²) >= 11 is 12.6. The average molecular weight is 659 g/mol. The summed E-state index contributed by atoms with van der Waals surface area (Å²) in [6, 6.07) is 26.8. The molecule has 0 unspecified atom stereocenters. The number of hydrogen-bond donors (Lipinski definition) is 2. The van der Waals surface area contributed by atoms with Crippen molar-refractivity contribution in [2.45, 2.75) is 25.9 Å². The number of nitrogens with one attached hydrogen (secondary N) is 1. The molecule has 0 aliphatic rings. The van der Waals surface area contributed by atoms with Crippen molar-refractivity contribution in [1.82, 2.24) is 14.9 Å². The number of ether oxygens (including phenoxy) is 1. The van der Waals surface area contributed by atoms with Crippen molar-refractivity contribution < 1.29 is 23.8 Å². The SMILES string of the molecule is O=C(O)CCCOc1ccc(-c2ccc(C=Cc3nc(-c4ccc(Cl)cc4Cl)cn3CC(=O)NCc3ccc(F)cc3)cc2)cc1. The second-order valence-corrected chi connectivity index (χ2v) is 11.3. The van der Waals surface area contributed by atoms with Gasteiger partial charge in [-0.3, -0.25) is 9.59 Å². The second-order valence-electron chi connectivity index (χ2n) is 10.5. The highest BCUT2D eigenvalue weighted by atomic mass is 35.5. The minimum absolute atomic E-state index is 0.0112. The summed E-state index contributed by atoms with van der Waals surface area (Å²) in [7, 11) is 0. The zero-order valence-corrected chi connectivity index (χ0v) is 26.1. The molecular formula is C36H30Cl2FN3O4. The molecule has 5 aromatic rings. The summed E-state index contributed by atoms with van der Waals surface area (Å²) in [6.45, 7) is 0.626. The van der Waals surface area contributed by atoms with Crippen LogP contribution in [0.3, 0.4) is 0 Å². The zero-order chi connectivity index (χ0) is 32.5.